The molecule has 4 rings (SSSR count). The van der Waals surface area contributed by atoms with Gasteiger partial charge in [0.2, 0.25) is 5.91 Å². The number of aryl methyl sites for hydroxylation is 1. The number of anilines is 1. The minimum Gasteiger partial charge on any atom is -0.326 e. The predicted octanol–water partition coefficient (Wildman–Crippen LogP) is 1.34. The summed E-state index contributed by atoms with van der Waals surface area (Å²) in [4.78, 5) is 17.2. The van der Waals surface area contributed by atoms with Crippen molar-refractivity contribution < 1.29 is 4.79 Å². The van der Waals surface area contributed by atoms with Gasteiger partial charge in [0, 0.05) is 44.8 Å². The van der Waals surface area contributed by atoms with E-state index in [1.807, 2.05) is 24.2 Å². The Labute approximate surface area is 148 Å². The second-order valence-electron chi connectivity index (χ2n) is 7.16. The first-order valence-electron chi connectivity index (χ1n) is 8.98. The van der Waals surface area contributed by atoms with Gasteiger partial charge in [0.25, 0.3) is 0 Å². The lowest BCUT2D eigenvalue weighted by atomic mass is 9.95. The van der Waals surface area contributed by atoms with Crippen LogP contribution in [0.25, 0.3) is 0 Å². The summed E-state index contributed by atoms with van der Waals surface area (Å²) in [6.07, 6.45) is 5.59. The summed E-state index contributed by atoms with van der Waals surface area (Å²) in [6, 6.07) is 10.4. The van der Waals surface area contributed by atoms with Crippen LogP contribution in [0.4, 0.5) is 5.69 Å². The van der Waals surface area contributed by atoms with Crippen LogP contribution in [-0.4, -0.2) is 52.3 Å². The summed E-state index contributed by atoms with van der Waals surface area (Å²) in [5, 5.41) is 4.20. The van der Waals surface area contributed by atoms with Crippen molar-refractivity contribution in [2.45, 2.75) is 30.8 Å². The van der Waals surface area contributed by atoms with E-state index < -0.39 is 0 Å². The van der Waals surface area contributed by atoms with Gasteiger partial charge >= 0.3 is 0 Å². The van der Waals surface area contributed by atoms with Crippen molar-refractivity contribution in [3.05, 3.63) is 48.3 Å². The fourth-order valence-electron chi connectivity index (χ4n) is 4.17. The molecule has 0 spiro atoms. The maximum Gasteiger partial charge on any atom is 0.244 e. The third-order valence-electron chi connectivity index (χ3n) is 5.48. The Morgan fingerprint density at radius 3 is 2.72 bits per heavy atom. The largest absolute Gasteiger partial charge is 0.326 e. The summed E-state index contributed by atoms with van der Waals surface area (Å²) in [6.45, 7) is 2.39. The average molecular weight is 339 g/mol. The van der Waals surface area contributed by atoms with Crippen molar-refractivity contribution in [3.8, 4) is 0 Å². The predicted molar refractivity (Wildman–Crippen MR) is 97.3 cm³/mol. The molecule has 1 unspecified atom stereocenters. The Balaban J connectivity index is 1.51. The highest BCUT2D eigenvalue weighted by Gasteiger charge is 2.40. The topological polar surface area (TPSA) is 67.4 Å². The highest BCUT2D eigenvalue weighted by molar-refractivity contribution is 5.97. The first kappa shape index (κ1) is 16.3. The number of carbonyl (C=O) groups is 1. The van der Waals surface area contributed by atoms with Crippen molar-refractivity contribution in [1.82, 2.24) is 14.7 Å². The monoisotopic (exact) mass is 339 g/mol. The van der Waals surface area contributed by atoms with E-state index in [4.69, 9.17) is 5.73 Å². The van der Waals surface area contributed by atoms with E-state index in [9.17, 15) is 4.79 Å². The molecule has 6 nitrogen and oxygen atoms in total. The van der Waals surface area contributed by atoms with Gasteiger partial charge in [-0.15, -0.1) is 0 Å². The minimum atomic E-state index is -0.0753. The summed E-state index contributed by atoms with van der Waals surface area (Å²) < 4.78 is 1.74. The lowest BCUT2D eigenvalue weighted by molar-refractivity contribution is -0.125. The van der Waals surface area contributed by atoms with Crippen molar-refractivity contribution >= 4 is 11.6 Å². The molecule has 2 aromatic rings. The molecule has 132 valence electrons. The Bertz CT molecular complexity index is 743. The van der Waals surface area contributed by atoms with Gasteiger partial charge < -0.3 is 10.6 Å². The van der Waals surface area contributed by atoms with Crippen LogP contribution in [0.3, 0.4) is 0 Å². The molecule has 0 aliphatic carbocycles. The first-order valence-corrected chi connectivity index (χ1v) is 8.98. The second kappa shape index (κ2) is 6.61. The van der Waals surface area contributed by atoms with Crippen LogP contribution >= 0.6 is 0 Å². The summed E-state index contributed by atoms with van der Waals surface area (Å²) >= 11 is 0. The minimum absolute atomic E-state index is 0.0731. The van der Waals surface area contributed by atoms with Gasteiger partial charge in [-0.2, -0.15) is 5.10 Å². The molecule has 0 saturated carbocycles. The van der Waals surface area contributed by atoms with Crippen LogP contribution in [0, 0.1) is 0 Å². The molecule has 3 atom stereocenters. The number of piperidine rings is 1. The molecule has 1 amide bonds. The molecule has 6 heteroatoms. The van der Waals surface area contributed by atoms with Gasteiger partial charge in [-0.3, -0.25) is 14.4 Å². The quantitative estimate of drug-likeness (QED) is 0.916. The maximum atomic E-state index is 13.1. The molecule has 2 saturated heterocycles. The Hall–Kier alpha value is -2.18. The number of aromatic nitrogens is 2. The normalized spacial score (nSPS) is 27.8. The summed E-state index contributed by atoms with van der Waals surface area (Å²) in [5.41, 5.74) is 8.58. The van der Waals surface area contributed by atoms with Gasteiger partial charge in [-0.1, -0.05) is 30.3 Å². The number of carbonyl (C=O) groups excluding carboxylic acids is 1. The third-order valence-corrected chi connectivity index (χ3v) is 5.48. The fraction of sp³-hybridized carbons (Fsp3) is 0.474. The average Bonchev–Trinajstić information content (AvgIpc) is 3.22. The number of likely N-dealkylation sites (tertiary alicyclic amines) is 1. The number of benzene rings is 1. The van der Waals surface area contributed by atoms with Crippen LogP contribution < -0.4 is 10.6 Å². The van der Waals surface area contributed by atoms with E-state index in [-0.39, 0.29) is 18.0 Å². The standard InChI is InChI=1S/C19H25N5O/c1-22-11-15(10-21-22)24-9-5-8-18(19(24)25)23-12-16(17(20)13-23)14-6-3-2-4-7-14/h2-4,6-7,10-11,16-18H,5,8-9,12-13,20H2,1H3/t16-,17+,18?/m0/s1. The van der Waals surface area contributed by atoms with Crippen LogP contribution in [0.5, 0.6) is 0 Å². The number of amides is 1. The maximum absolute atomic E-state index is 13.1. The Morgan fingerprint density at radius 1 is 1.20 bits per heavy atom. The molecule has 1 aromatic carbocycles. The number of rotatable bonds is 3. The molecule has 2 aliphatic rings. The number of nitrogens with zero attached hydrogens (tertiary/aromatic N) is 4. The van der Waals surface area contributed by atoms with E-state index in [2.05, 4.69) is 34.3 Å². The van der Waals surface area contributed by atoms with Crippen molar-refractivity contribution in [1.29, 1.82) is 0 Å². The molecule has 2 fully saturated rings. The van der Waals surface area contributed by atoms with E-state index in [1.165, 1.54) is 5.56 Å². The second-order valence-corrected chi connectivity index (χ2v) is 7.16. The zero-order valence-electron chi connectivity index (χ0n) is 14.6. The third kappa shape index (κ3) is 3.07. The zero-order valence-corrected chi connectivity index (χ0v) is 14.6. The lowest BCUT2D eigenvalue weighted by Gasteiger charge is -2.36. The van der Waals surface area contributed by atoms with Crippen LogP contribution in [0.1, 0.15) is 24.3 Å². The van der Waals surface area contributed by atoms with Crippen molar-refractivity contribution in [2.24, 2.45) is 12.8 Å². The van der Waals surface area contributed by atoms with E-state index in [0.29, 0.717) is 5.92 Å². The summed E-state index contributed by atoms with van der Waals surface area (Å²) in [7, 11) is 1.87. The molecule has 2 aliphatic heterocycles. The SMILES string of the molecule is Cn1cc(N2CCCC(N3C[C@@H](N)[C@H](c4ccccc4)C3)C2=O)cn1. The van der Waals surface area contributed by atoms with E-state index in [1.54, 1.807) is 10.9 Å². The molecule has 2 N–H and O–H groups in total. The van der Waals surface area contributed by atoms with Crippen molar-refractivity contribution in [2.75, 3.05) is 24.5 Å². The summed E-state index contributed by atoms with van der Waals surface area (Å²) in [5.74, 6) is 0.475. The molecule has 3 heterocycles. The van der Waals surface area contributed by atoms with Gasteiger partial charge in [-0.05, 0) is 18.4 Å². The van der Waals surface area contributed by atoms with Gasteiger partial charge in [0.15, 0.2) is 0 Å². The highest BCUT2D eigenvalue weighted by Crippen LogP contribution is 2.31. The molecule has 0 bridgehead atoms. The number of hydrogen-bond donors (Lipinski definition) is 1. The number of nitrogens with two attached hydrogens (primary N) is 1. The van der Waals surface area contributed by atoms with Crippen LogP contribution in [0.2, 0.25) is 0 Å². The Morgan fingerprint density at radius 2 is 2.00 bits per heavy atom. The first-order chi connectivity index (χ1) is 12.1. The molecular formula is C19H25N5O. The van der Waals surface area contributed by atoms with Gasteiger partial charge in [0.1, 0.15) is 0 Å². The molecule has 0 radical (unpaired) electrons. The molecule has 25 heavy (non-hydrogen) atoms. The van der Waals surface area contributed by atoms with Crippen LogP contribution in [-0.2, 0) is 11.8 Å². The van der Waals surface area contributed by atoms with Crippen LogP contribution in [0.15, 0.2) is 42.7 Å². The van der Waals surface area contributed by atoms with Crippen molar-refractivity contribution in [3.63, 3.8) is 0 Å². The van der Waals surface area contributed by atoms with E-state index >= 15 is 0 Å². The lowest BCUT2D eigenvalue weighted by Crippen LogP contribution is -2.52. The Kier molecular flexibility index (Phi) is 4.31. The van der Waals surface area contributed by atoms with Gasteiger partial charge in [0.05, 0.1) is 17.9 Å². The smallest absolute Gasteiger partial charge is 0.244 e. The highest BCUT2D eigenvalue weighted by atomic mass is 16.2. The van der Waals surface area contributed by atoms with Gasteiger partial charge in [-0.25, -0.2) is 0 Å². The van der Waals surface area contributed by atoms with E-state index in [0.717, 1.165) is 38.2 Å². The number of hydrogen-bond acceptors (Lipinski definition) is 4. The molecular weight excluding hydrogens is 314 g/mol. The zero-order chi connectivity index (χ0) is 17.4. The molecule has 1 aromatic heterocycles. The fourth-order valence-corrected chi connectivity index (χ4v) is 4.17.